The second-order valence-electron chi connectivity index (χ2n) is 5.59. The van der Waals surface area contributed by atoms with Gasteiger partial charge < -0.3 is 10.1 Å². The number of thioether (sulfide) groups is 1. The first-order chi connectivity index (χ1) is 9.92. The van der Waals surface area contributed by atoms with Gasteiger partial charge in [0.05, 0.1) is 0 Å². The molecule has 0 radical (unpaired) electrons. The predicted molar refractivity (Wildman–Crippen MR) is 85.6 cm³/mol. The zero-order chi connectivity index (χ0) is 13.6. The number of hydrogen-bond acceptors (Lipinski definition) is 4. The van der Waals surface area contributed by atoms with E-state index in [2.05, 4.69) is 34.5 Å². The van der Waals surface area contributed by atoms with Gasteiger partial charge in [-0.05, 0) is 24.7 Å². The Morgan fingerprint density at radius 2 is 2.10 bits per heavy atom. The Kier molecular flexibility index (Phi) is 5.23. The number of rotatable bonds is 4. The largest absolute Gasteiger partial charge is 0.489 e. The molecule has 2 saturated heterocycles. The number of benzene rings is 1. The van der Waals surface area contributed by atoms with Crippen LogP contribution >= 0.6 is 11.8 Å². The molecule has 0 aliphatic carbocycles. The van der Waals surface area contributed by atoms with Crippen LogP contribution in [0.3, 0.4) is 0 Å². The van der Waals surface area contributed by atoms with Crippen molar-refractivity contribution in [2.75, 3.05) is 37.7 Å². The number of ether oxygens (including phenoxy) is 1. The zero-order valence-electron chi connectivity index (χ0n) is 12.0. The van der Waals surface area contributed by atoms with E-state index in [-0.39, 0.29) is 0 Å². The van der Waals surface area contributed by atoms with E-state index in [0.717, 1.165) is 44.2 Å². The maximum atomic E-state index is 6.26. The molecule has 0 saturated carbocycles. The van der Waals surface area contributed by atoms with Crippen LogP contribution in [0.2, 0.25) is 0 Å². The molecular formula is C16H24N2OS. The normalized spacial score (nSPS) is 24.5. The van der Waals surface area contributed by atoms with E-state index in [0.29, 0.717) is 6.10 Å². The number of nitrogens with zero attached hydrogens (tertiary/aromatic N) is 1. The van der Waals surface area contributed by atoms with Crippen molar-refractivity contribution in [3.8, 4) is 5.75 Å². The fourth-order valence-corrected chi connectivity index (χ4v) is 3.88. The van der Waals surface area contributed by atoms with Gasteiger partial charge in [0.15, 0.2) is 0 Å². The third-order valence-corrected chi connectivity index (χ3v) is 5.17. The molecule has 20 heavy (non-hydrogen) atoms. The van der Waals surface area contributed by atoms with Gasteiger partial charge in [-0.1, -0.05) is 18.2 Å². The Morgan fingerprint density at radius 1 is 1.25 bits per heavy atom. The van der Waals surface area contributed by atoms with Crippen LogP contribution < -0.4 is 10.1 Å². The fourth-order valence-electron chi connectivity index (χ4n) is 2.84. The SMILES string of the molecule is c1ccc(OC2CCCSC2)c(CN2CCNCC2)c1. The van der Waals surface area contributed by atoms with Crippen LogP contribution in [0, 0.1) is 0 Å². The lowest BCUT2D eigenvalue weighted by atomic mass is 10.1. The number of para-hydroxylation sites is 1. The molecule has 2 heterocycles. The van der Waals surface area contributed by atoms with Crippen molar-refractivity contribution in [1.29, 1.82) is 0 Å². The molecule has 3 rings (SSSR count). The first kappa shape index (κ1) is 14.2. The molecule has 0 bridgehead atoms. The van der Waals surface area contributed by atoms with Crippen LogP contribution in [-0.2, 0) is 6.54 Å². The van der Waals surface area contributed by atoms with Crippen molar-refractivity contribution < 1.29 is 4.74 Å². The van der Waals surface area contributed by atoms with Crippen LogP contribution in [0.1, 0.15) is 18.4 Å². The van der Waals surface area contributed by atoms with Crippen molar-refractivity contribution in [3.63, 3.8) is 0 Å². The molecule has 1 aromatic carbocycles. The van der Waals surface area contributed by atoms with Gasteiger partial charge in [-0.15, -0.1) is 0 Å². The Balaban J connectivity index is 1.63. The lowest BCUT2D eigenvalue weighted by molar-refractivity contribution is 0.198. The number of piperazine rings is 1. The van der Waals surface area contributed by atoms with E-state index in [1.165, 1.54) is 24.2 Å². The highest BCUT2D eigenvalue weighted by atomic mass is 32.2. The summed E-state index contributed by atoms with van der Waals surface area (Å²) in [5.74, 6) is 3.53. The third kappa shape index (κ3) is 3.90. The molecule has 2 fully saturated rings. The average Bonchev–Trinajstić information content (AvgIpc) is 2.51. The molecule has 1 atom stereocenters. The summed E-state index contributed by atoms with van der Waals surface area (Å²) in [5, 5.41) is 3.41. The minimum atomic E-state index is 0.401. The van der Waals surface area contributed by atoms with Gasteiger partial charge in [-0.25, -0.2) is 0 Å². The summed E-state index contributed by atoms with van der Waals surface area (Å²) in [7, 11) is 0. The Bertz CT molecular complexity index is 376. The highest BCUT2D eigenvalue weighted by molar-refractivity contribution is 7.99. The smallest absolute Gasteiger partial charge is 0.124 e. The van der Waals surface area contributed by atoms with Crippen molar-refractivity contribution in [1.82, 2.24) is 10.2 Å². The third-order valence-electron chi connectivity index (χ3n) is 3.99. The summed E-state index contributed by atoms with van der Waals surface area (Å²) in [6.45, 7) is 5.48. The summed E-state index contributed by atoms with van der Waals surface area (Å²) in [4.78, 5) is 2.51. The Hall–Kier alpha value is -0.710. The van der Waals surface area contributed by atoms with Crippen LogP contribution in [0.25, 0.3) is 0 Å². The first-order valence-electron chi connectivity index (χ1n) is 7.67. The van der Waals surface area contributed by atoms with E-state index in [9.17, 15) is 0 Å². The second kappa shape index (κ2) is 7.34. The molecular weight excluding hydrogens is 268 g/mol. The quantitative estimate of drug-likeness (QED) is 0.921. The van der Waals surface area contributed by atoms with E-state index >= 15 is 0 Å². The summed E-state index contributed by atoms with van der Waals surface area (Å²) in [6.07, 6.45) is 2.89. The van der Waals surface area contributed by atoms with Gasteiger partial charge in [0.2, 0.25) is 0 Å². The van der Waals surface area contributed by atoms with Crippen molar-refractivity contribution in [2.24, 2.45) is 0 Å². The summed E-state index contributed by atoms with van der Waals surface area (Å²) < 4.78 is 6.26. The molecule has 1 unspecified atom stereocenters. The van der Waals surface area contributed by atoms with Crippen molar-refractivity contribution in [3.05, 3.63) is 29.8 Å². The van der Waals surface area contributed by atoms with Gasteiger partial charge in [0.1, 0.15) is 11.9 Å². The monoisotopic (exact) mass is 292 g/mol. The molecule has 1 N–H and O–H groups in total. The standard InChI is InChI=1S/C16H24N2OS/c1-2-6-16(19-15-5-3-11-20-13-15)14(4-1)12-18-9-7-17-8-10-18/h1-2,4,6,15,17H,3,5,7-13H2. The van der Waals surface area contributed by atoms with Crippen LogP contribution in [0.5, 0.6) is 5.75 Å². The predicted octanol–water partition coefficient (Wildman–Crippen LogP) is 2.37. The topological polar surface area (TPSA) is 24.5 Å². The lowest BCUT2D eigenvalue weighted by Crippen LogP contribution is -2.43. The Labute approximate surface area is 126 Å². The van der Waals surface area contributed by atoms with E-state index in [1.54, 1.807) is 0 Å². The van der Waals surface area contributed by atoms with Gasteiger partial charge in [0.25, 0.3) is 0 Å². The van der Waals surface area contributed by atoms with Crippen LogP contribution in [0.4, 0.5) is 0 Å². The highest BCUT2D eigenvalue weighted by Gasteiger charge is 2.18. The van der Waals surface area contributed by atoms with Gasteiger partial charge in [-0.3, -0.25) is 4.90 Å². The summed E-state index contributed by atoms with van der Waals surface area (Å²) in [5.41, 5.74) is 1.34. The van der Waals surface area contributed by atoms with Crippen molar-refractivity contribution >= 4 is 11.8 Å². The van der Waals surface area contributed by atoms with Gasteiger partial charge in [-0.2, -0.15) is 11.8 Å². The van der Waals surface area contributed by atoms with Gasteiger partial charge >= 0.3 is 0 Å². The maximum absolute atomic E-state index is 6.26. The first-order valence-corrected chi connectivity index (χ1v) is 8.83. The highest BCUT2D eigenvalue weighted by Crippen LogP contribution is 2.26. The maximum Gasteiger partial charge on any atom is 0.124 e. The number of hydrogen-bond donors (Lipinski definition) is 1. The van der Waals surface area contributed by atoms with E-state index < -0.39 is 0 Å². The zero-order valence-corrected chi connectivity index (χ0v) is 12.8. The average molecular weight is 292 g/mol. The molecule has 3 nitrogen and oxygen atoms in total. The summed E-state index contributed by atoms with van der Waals surface area (Å²) in [6, 6.07) is 8.57. The molecule has 0 amide bonds. The summed E-state index contributed by atoms with van der Waals surface area (Å²) >= 11 is 2.02. The molecule has 0 aromatic heterocycles. The Morgan fingerprint density at radius 3 is 2.90 bits per heavy atom. The lowest BCUT2D eigenvalue weighted by Gasteiger charge is -2.29. The minimum Gasteiger partial charge on any atom is -0.489 e. The van der Waals surface area contributed by atoms with E-state index in [1.807, 2.05) is 11.8 Å². The van der Waals surface area contributed by atoms with Gasteiger partial charge in [0, 0.05) is 44.0 Å². The number of nitrogens with one attached hydrogen (secondary N) is 1. The molecule has 2 aliphatic rings. The molecule has 110 valence electrons. The van der Waals surface area contributed by atoms with Crippen LogP contribution in [-0.4, -0.2) is 48.7 Å². The molecule has 1 aromatic rings. The van der Waals surface area contributed by atoms with Crippen LogP contribution in [0.15, 0.2) is 24.3 Å². The molecule has 4 heteroatoms. The molecule has 2 aliphatic heterocycles. The van der Waals surface area contributed by atoms with Crippen molar-refractivity contribution in [2.45, 2.75) is 25.5 Å². The second-order valence-corrected chi connectivity index (χ2v) is 6.74. The fraction of sp³-hybridized carbons (Fsp3) is 0.625. The van der Waals surface area contributed by atoms with E-state index in [4.69, 9.17) is 4.74 Å². The molecule has 0 spiro atoms. The minimum absolute atomic E-state index is 0.401.